The van der Waals surface area contributed by atoms with Crippen LogP contribution >= 0.6 is 0 Å². The second kappa shape index (κ2) is 10.9. The van der Waals surface area contributed by atoms with Gasteiger partial charge in [0.25, 0.3) is 0 Å². The standard InChI is InChI=1S/C16H26F2N4O3S/c1-4-22(26(3,23)24)11-7-10-20-16(19-2)21-12-13-8-5-6-9-14(13)25-15(17)18/h5-6,8-9,15H,4,7,10-12H2,1-3H3,(H2,19,20,21). The highest BCUT2D eigenvalue weighted by molar-refractivity contribution is 7.88. The van der Waals surface area contributed by atoms with E-state index in [9.17, 15) is 17.2 Å². The maximum atomic E-state index is 12.4. The van der Waals surface area contributed by atoms with Crippen LogP contribution in [-0.2, 0) is 16.6 Å². The van der Waals surface area contributed by atoms with Gasteiger partial charge in [-0.25, -0.2) is 12.7 Å². The van der Waals surface area contributed by atoms with Crippen LogP contribution in [0.15, 0.2) is 29.3 Å². The fraction of sp³-hybridized carbons (Fsp3) is 0.562. The van der Waals surface area contributed by atoms with Gasteiger partial charge in [-0.1, -0.05) is 25.1 Å². The molecule has 1 rings (SSSR count). The molecule has 0 amide bonds. The summed E-state index contributed by atoms with van der Waals surface area (Å²) in [6.07, 6.45) is 1.79. The number of hydrogen-bond acceptors (Lipinski definition) is 4. The molecule has 2 N–H and O–H groups in total. The number of nitrogens with zero attached hydrogens (tertiary/aromatic N) is 2. The van der Waals surface area contributed by atoms with Crippen LogP contribution in [0.25, 0.3) is 0 Å². The molecule has 0 unspecified atom stereocenters. The van der Waals surface area contributed by atoms with Crippen molar-refractivity contribution >= 4 is 16.0 Å². The van der Waals surface area contributed by atoms with E-state index in [4.69, 9.17) is 0 Å². The number of nitrogens with one attached hydrogen (secondary N) is 2. The monoisotopic (exact) mass is 392 g/mol. The van der Waals surface area contributed by atoms with Crippen LogP contribution in [0.4, 0.5) is 8.78 Å². The van der Waals surface area contributed by atoms with E-state index in [-0.39, 0.29) is 12.3 Å². The Labute approximate surface area is 153 Å². The van der Waals surface area contributed by atoms with Gasteiger partial charge in [0.15, 0.2) is 5.96 Å². The third-order valence-corrected chi connectivity index (χ3v) is 4.94. The van der Waals surface area contributed by atoms with Gasteiger partial charge in [0.2, 0.25) is 10.0 Å². The number of alkyl halides is 2. The predicted molar refractivity (Wildman–Crippen MR) is 98.0 cm³/mol. The van der Waals surface area contributed by atoms with Crippen molar-refractivity contribution in [3.8, 4) is 5.75 Å². The minimum absolute atomic E-state index is 0.109. The van der Waals surface area contributed by atoms with Crippen molar-refractivity contribution < 1.29 is 21.9 Å². The summed E-state index contributed by atoms with van der Waals surface area (Å²) >= 11 is 0. The molecule has 0 spiro atoms. The topological polar surface area (TPSA) is 83.0 Å². The number of guanidine groups is 1. The maximum Gasteiger partial charge on any atom is 0.387 e. The van der Waals surface area contributed by atoms with Crippen LogP contribution in [-0.4, -0.2) is 58.2 Å². The Bertz CT molecular complexity index is 684. The number of aliphatic imine (C=N–C) groups is 1. The molecule has 7 nitrogen and oxygen atoms in total. The average Bonchev–Trinajstić information content (AvgIpc) is 2.57. The fourth-order valence-corrected chi connectivity index (χ4v) is 3.21. The lowest BCUT2D eigenvalue weighted by atomic mass is 10.2. The molecule has 0 aliphatic rings. The molecule has 0 saturated heterocycles. The molecule has 0 bridgehead atoms. The summed E-state index contributed by atoms with van der Waals surface area (Å²) in [4.78, 5) is 4.05. The fourth-order valence-electron chi connectivity index (χ4n) is 2.28. The van der Waals surface area contributed by atoms with Crippen molar-refractivity contribution in [1.29, 1.82) is 0 Å². The Morgan fingerprint density at radius 3 is 2.58 bits per heavy atom. The van der Waals surface area contributed by atoms with Gasteiger partial charge in [0.1, 0.15) is 5.75 Å². The molecule has 26 heavy (non-hydrogen) atoms. The predicted octanol–water partition coefficient (Wildman–Crippen LogP) is 1.62. The van der Waals surface area contributed by atoms with E-state index in [1.54, 1.807) is 32.2 Å². The molecule has 148 valence electrons. The molecular weight excluding hydrogens is 366 g/mol. The molecule has 10 heteroatoms. The summed E-state index contributed by atoms with van der Waals surface area (Å²) in [5, 5.41) is 6.07. The lowest BCUT2D eigenvalue weighted by Crippen LogP contribution is -2.39. The van der Waals surface area contributed by atoms with Crippen LogP contribution in [0.5, 0.6) is 5.75 Å². The molecule has 0 aliphatic carbocycles. The number of benzene rings is 1. The second-order valence-corrected chi connectivity index (χ2v) is 7.43. The van der Waals surface area contributed by atoms with E-state index in [2.05, 4.69) is 20.4 Å². The third-order valence-electron chi connectivity index (χ3n) is 3.56. The van der Waals surface area contributed by atoms with E-state index in [1.807, 2.05) is 0 Å². The SMILES string of the molecule is CCN(CCCNC(=NC)NCc1ccccc1OC(F)F)S(C)(=O)=O. The van der Waals surface area contributed by atoms with Gasteiger partial charge in [-0.05, 0) is 12.5 Å². The number of sulfonamides is 1. The summed E-state index contributed by atoms with van der Waals surface area (Å²) in [5.41, 5.74) is 0.574. The smallest absolute Gasteiger partial charge is 0.387 e. The van der Waals surface area contributed by atoms with E-state index in [0.717, 1.165) is 0 Å². The maximum absolute atomic E-state index is 12.4. The van der Waals surface area contributed by atoms with Gasteiger partial charge in [0, 0.05) is 38.8 Å². The molecule has 0 radical (unpaired) electrons. The molecule has 0 atom stereocenters. The first-order valence-electron chi connectivity index (χ1n) is 8.20. The van der Waals surface area contributed by atoms with Gasteiger partial charge in [-0.2, -0.15) is 8.78 Å². The van der Waals surface area contributed by atoms with Crippen molar-refractivity contribution in [3.63, 3.8) is 0 Å². The molecule has 0 fully saturated rings. The second-order valence-electron chi connectivity index (χ2n) is 5.45. The van der Waals surface area contributed by atoms with Gasteiger partial charge in [-0.15, -0.1) is 0 Å². The van der Waals surface area contributed by atoms with Crippen LogP contribution in [0.3, 0.4) is 0 Å². The molecule has 0 aromatic heterocycles. The molecule has 0 saturated carbocycles. The van der Waals surface area contributed by atoms with E-state index < -0.39 is 16.6 Å². The highest BCUT2D eigenvalue weighted by atomic mass is 32.2. The third kappa shape index (κ3) is 7.96. The Morgan fingerprint density at radius 1 is 1.31 bits per heavy atom. The molecular formula is C16H26F2N4O3S. The Hall–Kier alpha value is -1.94. The first-order valence-corrected chi connectivity index (χ1v) is 10.0. The quantitative estimate of drug-likeness (QED) is 0.359. The first-order chi connectivity index (χ1) is 12.3. The summed E-state index contributed by atoms with van der Waals surface area (Å²) in [6, 6.07) is 6.51. The molecule has 0 heterocycles. The Kier molecular flexibility index (Phi) is 9.28. The lowest BCUT2D eigenvalue weighted by molar-refractivity contribution is -0.0504. The number of rotatable bonds is 10. The normalized spacial score (nSPS) is 12.5. The average molecular weight is 392 g/mol. The van der Waals surface area contributed by atoms with E-state index in [0.29, 0.717) is 37.6 Å². The molecule has 1 aromatic carbocycles. The summed E-state index contributed by atoms with van der Waals surface area (Å²) in [5.74, 6) is 0.594. The molecule has 0 aliphatic heterocycles. The molecule has 1 aromatic rings. The van der Waals surface area contributed by atoms with Crippen LogP contribution in [0.1, 0.15) is 18.9 Å². The minimum atomic E-state index is -3.20. The summed E-state index contributed by atoms with van der Waals surface area (Å²) in [7, 11) is -1.61. The van der Waals surface area contributed by atoms with Crippen molar-refractivity contribution in [2.24, 2.45) is 4.99 Å². The highest BCUT2D eigenvalue weighted by Crippen LogP contribution is 2.19. The van der Waals surface area contributed by atoms with Crippen LogP contribution in [0.2, 0.25) is 0 Å². The zero-order chi connectivity index (χ0) is 19.6. The van der Waals surface area contributed by atoms with Crippen LogP contribution < -0.4 is 15.4 Å². The number of para-hydroxylation sites is 1. The van der Waals surface area contributed by atoms with Crippen molar-refractivity contribution in [2.75, 3.05) is 32.9 Å². The van der Waals surface area contributed by atoms with E-state index >= 15 is 0 Å². The summed E-state index contributed by atoms with van der Waals surface area (Å²) < 4.78 is 53.8. The Morgan fingerprint density at radius 2 is 2.00 bits per heavy atom. The highest BCUT2D eigenvalue weighted by Gasteiger charge is 2.13. The first kappa shape index (κ1) is 22.1. The lowest BCUT2D eigenvalue weighted by Gasteiger charge is -2.18. The largest absolute Gasteiger partial charge is 0.434 e. The zero-order valence-electron chi connectivity index (χ0n) is 15.2. The van der Waals surface area contributed by atoms with Gasteiger partial charge in [0.05, 0.1) is 6.26 Å². The summed E-state index contributed by atoms with van der Waals surface area (Å²) in [6.45, 7) is 0.503. The van der Waals surface area contributed by atoms with Crippen LogP contribution in [0, 0.1) is 0 Å². The van der Waals surface area contributed by atoms with E-state index in [1.165, 1.54) is 16.6 Å². The van der Waals surface area contributed by atoms with Crippen molar-refractivity contribution in [2.45, 2.75) is 26.5 Å². The van der Waals surface area contributed by atoms with Gasteiger partial charge < -0.3 is 15.4 Å². The van der Waals surface area contributed by atoms with Crippen molar-refractivity contribution in [3.05, 3.63) is 29.8 Å². The van der Waals surface area contributed by atoms with Crippen molar-refractivity contribution in [1.82, 2.24) is 14.9 Å². The number of halogens is 2. The van der Waals surface area contributed by atoms with Gasteiger partial charge in [-0.3, -0.25) is 4.99 Å². The number of hydrogen-bond donors (Lipinski definition) is 2. The number of ether oxygens (including phenoxy) is 1. The van der Waals surface area contributed by atoms with Gasteiger partial charge >= 0.3 is 6.61 Å². The Balaban J connectivity index is 2.47. The zero-order valence-corrected chi connectivity index (χ0v) is 16.0. The minimum Gasteiger partial charge on any atom is -0.434 e.